The maximum atomic E-state index is 12.7. The van der Waals surface area contributed by atoms with E-state index in [9.17, 15) is 9.90 Å². The van der Waals surface area contributed by atoms with Crippen molar-refractivity contribution in [2.45, 2.75) is 65.0 Å². The Morgan fingerprint density at radius 3 is 2.41 bits per heavy atom. The van der Waals surface area contributed by atoms with E-state index >= 15 is 0 Å². The number of hydrogen-bond acceptors (Lipinski definition) is 7. The Balaban J connectivity index is 0.000000370. The Hall–Kier alpha value is -3.36. The number of nitrogens with zero attached hydrogens (tertiary/aromatic N) is 2. The van der Waals surface area contributed by atoms with E-state index in [4.69, 9.17) is 16.2 Å². The van der Waals surface area contributed by atoms with Gasteiger partial charge in [-0.1, -0.05) is 18.9 Å². The fourth-order valence-corrected chi connectivity index (χ4v) is 4.59. The molecule has 0 aliphatic carbocycles. The summed E-state index contributed by atoms with van der Waals surface area (Å²) in [6, 6.07) is 10.8. The van der Waals surface area contributed by atoms with Crippen molar-refractivity contribution in [1.29, 1.82) is 0 Å². The number of benzene rings is 2. The summed E-state index contributed by atoms with van der Waals surface area (Å²) in [5, 5.41) is 12.6. The zero-order valence-corrected chi connectivity index (χ0v) is 24.5. The van der Waals surface area contributed by atoms with E-state index in [1.165, 1.54) is 45.0 Å². The highest BCUT2D eigenvalue weighted by Crippen LogP contribution is 2.26. The van der Waals surface area contributed by atoms with E-state index in [-0.39, 0.29) is 11.9 Å². The highest BCUT2D eigenvalue weighted by Gasteiger charge is 2.19. The number of methoxy groups -OCH3 is 1. The van der Waals surface area contributed by atoms with Crippen LogP contribution in [0.3, 0.4) is 0 Å². The molecule has 0 saturated carbocycles. The van der Waals surface area contributed by atoms with E-state index in [0.717, 1.165) is 28.8 Å². The van der Waals surface area contributed by atoms with E-state index in [1.807, 2.05) is 52.0 Å². The first-order valence-electron chi connectivity index (χ1n) is 13.6. The van der Waals surface area contributed by atoms with Gasteiger partial charge >= 0.3 is 0 Å². The fraction of sp³-hybridized carbons (Fsp3) is 0.484. The number of hydrogen-bond donors (Lipinski definition) is 4. The van der Waals surface area contributed by atoms with Gasteiger partial charge in [0.15, 0.2) is 0 Å². The molecule has 1 heterocycles. The smallest absolute Gasteiger partial charge is 0.252 e. The summed E-state index contributed by atoms with van der Waals surface area (Å²) in [6.45, 7) is 10.7. The van der Waals surface area contributed by atoms with Crippen LogP contribution in [0.2, 0.25) is 0 Å². The normalized spacial score (nSPS) is 15.7. The molecule has 1 atom stereocenters. The van der Waals surface area contributed by atoms with Gasteiger partial charge in [-0.15, -0.1) is 0 Å². The molecule has 0 aromatic heterocycles. The van der Waals surface area contributed by atoms with Crippen molar-refractivity contribution >= 4 is 23.4 Å². The molecule has 2 aromatic rings. The van der Waals surface area contributed by atoms with Crippen LogP contribution in [0.4, 0.5) is 5.69 Å². The van der Waals surface area contributed by atoms with Crippen LogP contribution in [0.1, 0.15) is 79.5 Å². The minimum Gasteiger partial charge on any atom is -0.497 e. The number of carbonyl (C=O) groups is 1. The summed E-state index contributed by atoms with van der Waals surface area (Å²) in [7, 11) is 3.28. The van der Waals surface area contributed by atoms with Gasteiger partial charge in [0.2, 0.25) is 0 Å². The standard InChI is InChI=1S/C21H26N4O2.C10H21NO/c1-13-5-6-18(23)10-20(13)21(26)25-14(2)15-7-16(9-19(8-15)27-4)17(11-22)12-24-3;1-10(2,12)9-11-7-5-3-4-6-8-11/h5-12,14H,22-23H2,1-4H3,(H,25,26);12H,3-9H2,1-2H3/b17-11+,24-12?;. The zero-order chi connectivity index (χ0) is 29.0. The summed E-state index contributed by atoms with van der Waals surface area (Å²) >= 11 is 0. The third-order valence-electron chi connectivity index (χ3n) is 6.61. The van der Waals surface area contributed by atoms with Crippen molar-refractivity contribution in [3.63, 3.8) is 0 Å². The quantitative estimate of drug-likeness (QED) is 0.285. The van der Waals surface area contributed by atoms with Crippen LogP contribution in [-0.4, -0.2) is 61.5 Å². The summed E-state index contributed by atoms with van der Waals surface area (Å²) in [4.78, 5) is 19.1. The van der Waals surface area contributed by atoms with Crippen LogP contribution in [0.5, 0.6) is 5.75 Å². The number of likely N-dealkylation sites (tertiary alicyclic amines) is 1. The van der Waals surface area contributed by atoms with Gasteiger partial charge in [-0.3, -0.25) is 9.79 Å². The third-order valence-corrected chi connectivity index (χ3v) is 6.61. The zero-order valence-electron chi connectivity index (χ0n) is 24.5. The van der Waals surface area contributed by atoms with Gasteiger partial charge in [-0.2, -0.15) is 0 Å². The second kappa shape index (κ2) is 15.3. The molecule has 214 valence electrons. The average molecular weight is 538 g/mol. The van der Waals surface area contributed by atoms with E-state index < -0.39 is 5.60 Å². The second-order valence-electron chi connectivity index (χ2n) is 10.8. The molecule has 1 saturated heterocycles. The summed E-state index contributed by atoms with van der Waals surface area (Å²) in [5.74, 6) is 0.494. The predicted octanol–water partition coefficient (Wildman–Crippen LogP) is 4.71. The van der Waals surface area contributed by atoms with Crippen molar-refractivity contribution in [3.8, 4) is 5.75 Å². The lowest BCUT2D eigenvalue weighted by molar-refractivity contribution is 0.0374. The molecule has 1 amide bonds. The topological polar surface area (TPSA) is 126 Å². The number of amides is 1. The maximum Gasteiger partial charge on any atom is 0.252 e. The average Bonchev–Trinajstić information content (AvgIpc) is 3.16. The number of ether oxygens (including phenoxy) is 1. The Bertz CT molecular complexity index is 1130. The lowest BCUT2D eigenvalue weighted by atomic mass is 9.99. The maximum absolute atomic E-state index is 12.7. The summed E-state index contributed by atoms with van der Waals surface area (Å²) < 4.78 is 5.40. The van der Waals surface area contributed by atoms with E-state index in [0.29, 0.717) is 17.0 Å². The first kappa shape index (κ1) is 31.9. The highest BCUT2D eigenvalue weighted by molar-refractivity contribution is 6.09. The molecular weight excluding hydrogens is 490 g/mol. The number of β-amino-alcohol motifs (C(OH)–C–C–N with tert-alkyl or cyclic N) is 1. The van der Waals surface area contributed by atoms with Crippen molar-refractivity contribution in [2.75, 3.05) is 39.5 Å². The number of rotatable bonds is 8. The van der Waals surface area contributed by atoms with E-state index in [1.54, 1.807) is 32.5 Å². The Labute approximate surface area is 234 Å². The van der Waals surface area contributed by atoms with E-state index in [2.05, 4.69) is 15.2 Å². The molecule has 0 bridgehead atoms. The third kappa shape index (κ3) is 10.7. The van der Waals surface area contributed by atoms with Crippen LogP contribution >= 0.6 is 0 Å². The van der Waals surface area contributed by atoms with Crippen LogP contribution in [0.15, 0.2) is 47.6 Å². The molecule has 0 radical (unpaired) electrons. The number of allylic oxidation sites excluding steroid dienone is 1. The molecule has 1 unspecified atom stereocenters. The van der Waals surface area contributed by atoms with Crippen LogP contribution < -0.4 is 21.5 Å². The van der Waals surface area contributed by atoms with Gasteiger partial charge in [0.25, 0.3) is 5.91 Å². The molecule has 2 aromatic carbocycles. The van der Waals surface area contributed by atoms with Crippen molar-refractivity contribution < 1.29 is 14.6 Å². The number of nitrogens with two attached hydrogens (primary N) is 2. The number of carbonyl (C=O) groups excluding carboxylic acids is 1. The fourth-order valence-electron chi connectivity index (χ4n) is 4.59. The number of aryl methyl sites for hydroxylation is 1. The molecule has 8 heteroatoms. The lowest BCUT2D eigenvalue weighted by Crippen LogP contribution is -2.39. The Morgan fingerprint density at radius 2 is 1.85 bits per heavy atom. The molecule has 1 fully saturated rings. The Morgan fingerprint density at radius 1 is 1.18 bits per heavy atom. The van der Waals surface area contributed by atoms with Gasteiger partial charge in [0.05, 0.1) is 18.8 Å². The van der Waals surface area contributed by atoms with Crippen LogP contribution in [-0.2, 0) is 0 Å². The van der Waals surface area contributed by atoms with Crippen LogP contribution in [0, 0.1) is 6.92 Å². The monoisotopic (exact) mass is 537 g/mol. The SMILES string of the molecule is CC(C)(O)CN1CCCCCC1.CN=C/C(=C\N)c1cc(OC)cc(C(C)NC(=O)c2cc(N)ccc2C)c1. The lowest BCUT2D eigenvalue weighted by Gasteiger charge is -2.27. The molecule has 3 rings (SSSR count). The van der Waals surface area contributed by atoms with Crippen molar-refractivity contribution in [3.05, 3.63) is 64.9 Å². The number of nitrogen functional groups attached to an aromatic ring is 1. The number of anilines is 1. The molecule has 39 heavy (non-hydrogen) atoms. The van der Waals surface area contributed by atoms with Gasteiger partial charge in [0, 0.05) is 42.8 Å². The Kier molecular flexibility index (Phi) is 12.5. The molecule has 1 aliphatic heterocycles. The van der Waals surface area contributed by atoms with Gasteiger partial charge in [-0.05, 0) is 101 Å². The highest BCUT2D eigenvalue weighted by atomic mass is 16.5. The first-order valence-corrected chi connectivity index (χ1v) is 13.6. The minimum atomic E-state index is -0.523. The van der Waals surface area contributed by atoms with Gasteiger partial charge < -0.3 is 31.5 Å². The van der Waals surface area contributed by atoms with Crippen molar-refractivity contribution in [2.24, 2.45) is 10.7 Å². The number of aliphatic hydroxyl groups is 1. The number of aliphatic imine (C=N–C) groups is 1. The largest absolute Gasteiger partial charge is 0.497 e. The molecular formula is C31H47N5O3. The van der Waals surface area contributed by atoms with Crippen LogP contribution in [0.25, 0.3) is 5.57 Å². The van der Waals surface area contributed by atoms with Gasteiger partial charge in [0.1, 0.15) is 5.75 Å². The predicted molar refractivity (Wildman–Crippen MR) is 162 cm³/mol. The number of nitrogens with one attached hydrogen (secondary N) is 1. The molecule has 1 aliphatic rings. The first-order chi connectivity index (χ1) is 18.5. The summed E-state index contributed by atoms with van der Waals surface area (Å²) in [6.07, 6.45) is 8.50. The molecule has 8 nitrogen and oxygen atoms in total. The minimum absolute atomic E-state index is 0.179. The summed E-state index contributed by atoms with van der Waals surface area (Å²) in [5.41, 5.74) is 15.5. The second-order valence-corrected chi connectivity index (χ2v) is 10.8. The van der Waals surface area contributed by atoms with Gasteiger partial charge in [-0.25, -0.2) is 0 Å². The van der Waals surface area contributed by atoms with Crippen molar-refractivity contribution in [1.82, 2.24) is 10.2 Å². The molecule has 6 N–H and O–H groups in total. The molecule has 0 spiro atoms.